The fourth-order valence-corrected chi connectivity index (χ4v) is 4.08. The Hall–Kier alpha value is -0.260. The van der Waals surface area contributed by atoms with Gasteiger partial charge >= 0.3 is 0 Å². The Morgan fingerprint density at radius 2 is 1.92 bits per heavy atom. The highest BCUT2D eigenvalue weighted by atomic mass is 14.5. The quantitative estimate of drug-likeness (QED) is 0.480. The second kappa shape index (κ2) is 2.37. The molecule has 0 N–H and O–H groups in total. The van der Waals surface area contributed by atoms with Crippen molar-refractivity contribution in [2.24, 2.45) is 29.6 Å². The van der Waals surface area contributed by atoms with Crippen molar-refractivity contribution in [2.75, 3.05) is 0 Å². The highest BCUT2D eigenvalue weighted by Gasteiger charge is 2.47. The highest BCUT2D eigenvalue weighted by Crippen LogP contribution is 2.55. The maximum atomic E-state index is 2.51. The number of hydrogen-bond donors (Lipinski definition) is 0. The van der Waals surface area contributed by atoms with Crippen molar-refractivity contribution in [1.82, 2.24) is 0 Å². The first-order valence-corrected chi connectivity index (χ1v) is 5.54. The minimum Gasteiger partial charge on any atom is -0.0848 e. The number of fused-ring (bicyclic) bond motifs is 5. The molecular weight excluding hydrogens is 144 g/mol. The van der Waals surface area contributed by atoms with Gasteiger partial charge in [-0.25, -0.2) is 0 Å². The standard InChI is InChI=1S/C12H18/c1-8-3-2-4-11-9-5-6-10(7-9)12(8)11/h5-6,8-12H,2-4,7H2,1H3. The molecule has 0 aromatic carbocycles. The zero-order valence-corrected chi connectivity index (χ0v) is 7.87. The lowest BCUT2D eigenvalue weighted by atomic mass is 9.68. The van der Waals surface area contributed by atoms with Gasteiger partial charge in [0.15, 0.2) is 0 Å². The van der Waals surface area contributed by atoms with E-state index in [1.807, 2.05) is 0 Å². The molecule has 0 spiro atoms. The molecule has 0 aromatic heterocycles. The minimum absolute atomic E-state index is 0.982. The van der Waals surface area contributed by atoms with Crippen LogP contribution in [0.25, 0.3) is 0 Å². The lowest BCUT2D eigenvalue weighted by molar-refractivity contribution is 0.152. The molecule has 2 saturated carbocycles. The molecule has 12 heavy (non-hydrogen) atoms. The SMILES string of the molecule is CC1CCCC2C3C=CC(C3)C12. The van der Waals surface area contributed by atoms with Crippen molar-refractivity contribution in [3.8, 4) is 0 Å². The first kappa shape index (κ1) is 7.17. The molecule has 0 nitrogen and oxygen atoms in total. The van der Waals surface area contributed by atoms with Gasteiger partial charge in [0.2, 0.25) is 0 Å². The molecule has 2 fully saturated rings. The van der Waals surface area contributed by atoms with Crippen LogP contribution >= 0.6 is 0 Å². The van der Waals surface area contributed by atoms with E-state index in [0.717, 1.165) is 29.6 Å². The van der Waals surface area contributed by atoms with E-state index in [4.69, 9.17) is 0 Å². The smallest absolute Gasteiger partial charge is 0.0194 e. The van der Waals surface area contributed by atoms with Crippen LogP contribution in [0.15, 0.2) is 12.2 Å². The molecule has 2 bridgehead atoms. The third-order valence-electron chi connectivity index (χ3n) is 4.54. The summed E-state index contributed by atoms with van der Waals surface area (Å²) < 4.78 is 0. The van der Waals surface area contributed by atoms with Crippen LogP contribution in [0.4, 0.5) is 0 Å². The van der Waals surface area contributed by atoms with Crippen LogP contribution in [-0.4, -0.2) is 0 Å². The van der Waals surface area contributed by atoms with Gasteiger partial charge in [-0.1, -0.05) is 31.9 Å². The molecule has 0 heteroatoms. The van der Waals surface area contributed by atoms with Crippen molar-refractivity contribution in [3.63, 3.8) is 0 Å². The largest absolute Gasteiger partial charge is 0.0848 e. The fourth-order valence-electron chi connectivity index (χ4n) is 4.08. The van der Waals surface area contributed by atoms with E-state index in [0.29, 0.717) is 0 Å². The summed E-state index contributed by atoms with van der Waals surface area (Å²) in [7, 11) is 0. The highest BCUT2D eigenvalue weighted by molar-refractivity contribution is 5.14. The van der Waals surface area contributed by atoms with Gasteiger partial charge in [0.25, 0.3) is 0 Å². The van der Waals surface area contributed by atoms with Crippen LogP contribution < -0.4 is 0 Å². The van der Waals surface area contributed by atoms with E-state index in [1.54, 1.807) is 0 Å². The number of rotatable bonds is 0. The topological polar surface area (TPSA) is 0 Å². The predicted molar refractivity (Wildman–Crippen MR) is 50.7 cm³/mol. The Morgan fingerprint density at radius 3 is 2.75 bits per heavy atom. The summed E-state index contributed by atoms with van der Waals surface area (Å²) in [5.74, 6) is 5.15. The molecule has 5 atom stereocenters. The molecular formula is C12H18. The van der Waals surface area contributed by atoms with E-state index in [2.05, 4.69) is 19.1 Å². The molecule has 0 heterocycles. The van der Waals surface area contributed by atoms with Gasteiger partial charge in [0.05, 0.1) is 0 Å². The summed E-state index contributed by atoms with van der Waals surface area (Å²) in [5.41, 5.74) is 0. The maximum Gasteiger partial charge on any atom is -0.0194 e. The van der Waals surface area contributed by atoms with Crippen LogP contribution in [0, 0.1) is 29.6 Å². The fraction of sp³-hybridized carbons (Fsp3) is 0.833. The van der Waals surface area contributed by atoms with Crippen LogP contribution in [-0.2, 0) is 0 Å². The molecule has 3 rings (SSSR count). The first-order chi connectivity index (χ1) is 5.86. The minimum atomic E-state index is 0.982. The lowest BCUT2D eigenvalue weighted by Crippen LogP contribution is -2.29. The first-order valence-electron chi connectivity index (χ1n) is 5.54. The van der Waals surface area contributed by atoms with Gasteiger partial charge < -0.3 is 0 Å². The van der Waals surface area contributed by atoms with Gasteiger partial charge in [-0.3, -0.25) is 0 Å². The van der Waals surface area contributed by atoms with Gasteiger partial charge in [0.1, 0.15) is 0 Å². The van der Waals surface area contributed by atoms with Crippen LogP contribution in [0.3, 0.4) is 0 Å². The van der Waals surface area contributed by atoms with Crippen molar-refractivity contribution in [1.29, 1.82) is 0 Å². The average molecular weight is 162 g/mol. The Morgan fingerprint density at radius 1 is 1.08 bits per heavy atom. The molecule has 66 valence electrons. The second-order valence-electron chi connectivity index (χ2n) is 5.10. The molecule has 3 aliphatic rings. The zero-order valence-electron chi connectivity index (χ0n) is 7.87. The van der Waals surface area contributed by atoms with E-state index in [1.165, 1.54) is 25.7 Å². The van der Waals surface area contributed by atoms with Crippen molar-refractivity contribution in [2.45, 2.75) is 32.6 Å². The normalized spacial score (nSPS) is 55.9. The third-order valence-corrected chi connectivity index (χ3v) is 4.54. The molecule has 0 aromatic rings. The Balaban J connectivity index is 1.92. The second-order valence-corrected chi connectivity index (χ2v) is 5.10. The van der Waals surface area contributed by atoms with Crippen molar-refractivity contribution < 1.29 is 0 Å². The summed E-state index contributed by atoms with van der Waals surface area (Å²) >= 11 is 0. The van der Waals surface area contributed by atoms with E-state index >= 15 is 0 Å². The number of hydrogen-bond acceptors (Lipinski definition) is 0. The van der Waals surface area contributed by atoms with Gasteiger partial charge in [-0.15, -0.1) is 0 Å². The summed E-state index contributed by atoms with van der Waals surface area (Å²) in [5, 5.41) is 0. The summed E-state index contributed by atoms with van der Waals surface area (Å²) in [6.07, 6.45) is 11.0. The monoisotopic (exact) mass is 162 g/mol. The Kier molecular flexibility index (Phi) is 1.42. The Labute approximate surface area is 75.0 Å². The third kappa shape index (κ3) is 0.787. The molecule has 3 aliphatic carbocycles. The number of allylic oxidation sites excluding steroid dienone is 2. The molecule has 0 radical (unpaired) electrons. The lowest BCUT2D eigenvalue weighted by Gasteiger charge is -2.37. The average Bonchev–Trinajstić information content (AvgIpc) is 2.64. The molecule has 0 aliphatic heterocycles. The Bertz CT molecular complexity index is 216. The van der Waals surface area contributed by atoms with Gasteiger partial charge in [-0.05, 0) is 42.4 Å². The van der Waals surface area contributed by atoms with Crippen LogP contribution in [0.5, 0.6) is 0 Å². The molecule has 0 amide bonds. The summed E-state index contributed by atoms with van der Waals surface area (Å²) in [4.78, 5) is 0. The van der Waals surface area contributed by atoms with E-state index in [-0.39, 0.29) is 0 Å². The van der Waals surface area contributed by atoms with Crippen molar-refractivity contribution in [3.05, 3.63) is 12.2 Å². The molecule has 0 saturated heterocycles. The maximum absolute atomic E-state index is 2.51. The van der Waals surface area contributed by atoms with E-state index < -0.39 is 0 Å². The zero-order chi connectivity index (χ0) is 8.13. The van der Waals surface area contributed by atoms with Crippen LogP contribution in [0.2, 0.25) is 0 Å². The van der Waals surface area contributed by atoms with Gasteiger partial charge in [0, 0.05) is 0 Å². The van der Waals surface area contributed by atoms with Crippen molar-refractivity contribution >= 4 is 0 Å². The van der Waals surface area contributed by atoms with Gasteiger partial charge in [-0.2, -0.15) is 0 Å². The summed E-state index contributed by atoms with van der Waals surface area (Å²) in [6, 6.07) is 0. The molecule has 5 unspecified atom stereocenters. The van der Waals surface area contributed by atoms with E-state index in [9.17, 15) is 0 Å². The van der Waals surface area contributed by atoms with Crippen LogP contribution in [0.1, 0.15) is 32.6 Å². The predicted octanol–water partition coefficient (Wildman–Crippen LogP) is 3.24. The summed E-state index contributed by atoms with van der Waals surface area (Å²) in [6.45, 7) is 2.48.